The molecule has 0 saturated heterocycles. The van der Waals surface area contributed by atoms with Crippen LogP contribution in [0.4, 0.5) is 4.79 Å². The lowest BCUT2D eigenvalue weighted by Crippen LogP contribution is -2.41. The van der Waals surface area contributed by atoms with Crippen LogP contribution < -0.4 is 21.9 Å². The Bertz CT molecular complexity index is 823. The topological polar surface area (TPSA) is 144 Å². The molecule has 4 amide bonds. The van der Waals surface area contributed by atoms with Crippen LogP contribution >= 0.6 is 11.8 Å². The number of hydrogen-bond acceptors (Lipinski definition) is 6. The Kier molecular flexibility index (Phi) is 8.96. The molecule has 2 rings (SSSR count). The van der Waals surface area contributed by atoms with Crippen molar-refractivity contribution in [3.05, 3.63) is 41.7 Å². The van der Waals surface area contributed by atoms with Gasteiger partial charge in [0.2, 0.25) is 5.91 Å². The number of benzene rings is 1. The van der Waals surface area contributed by atoms with E-state index >= 15 is 0 Å². The van der Waals surface area contributed by atoms with Gasteiger partial charge in [0, 0.05) is 31.3 Å². The lowest BCUT2D eigenvalue weighted by Gasteiger charge is -2.08. The maximum Gasteiger partial charge on any atom is 0.312 e. The number of nitrogens with one attached hydrogen (secondary N) is 3. The van der Waals surface area contributed by atoms with E-state index in [9.17, 15) is 14.4 Å². The molecule has 1 aromatic heterocycles. The number of primary amides is 1. The second-order valence-corrected chi connectivity index (χ2v) is 7.26. The third-order valence-corrected chi connectivity index (χ3v) is 5.05. The van der Waals surface area contributed by atoms with Crippen LogP contribution in [-0.2, 0) is 17.6 Å². The highest BCUT2D eigenvalue weighted by Crippen LogP contribution is 2.20. The minimum atomic E-state index is -0.553. The normalized spacial score (nSPS) is 10.4. The summed E-state index contributed by atoms with van der Waals surface area (Å²) in [6.45, 7) is 0.487. The molecule has 11 heteroatoms. The van der Waals surface area contributed by atoms with Crippen molar-refractivity contribution in [1.29, 1.82) is 0 Å². The Morgan fingerprint density at radius 3 is 2.52 bits per heavy atom. The van der Waals surface area contributed by atoms with Crippen LogP contribution in [0.3, 0.4) is 0 Å². The molecular formula is C18H25N7O3S. The molecule has 2 aromatic rings. The SMILES string of the molecule is Cn1cnnc1SCc1ccc(C(=O)NNC(=O)CCCCCNC(N)=O)cc1. The van der Waals surface area contributed by atoms with Crippen molar-refractivity contribution in [2.45, 2.75) is 36.6 Å². The van der Waals surface area contributed by atoms with Crippen molar-refractivity contribution in [2.75, 3.05) is 6.54 Å². The summed E-state index contributed by atoms with van der Waals surface area (Å²) >= 11 is 1.55. The number of hydrazine groups is 1. The van der Waals surface area contributed by atoms with Gasteiger partial charge in [0.15, 0.2) is 5.16 Å². The Morgan fingerprint density at radius 1 is 1.10 bits per heavy atom. The summed E-state index contributed by atoms with van der Waals surface area (Å²) < 4.78 is 1.84. The van der Waals surface area contributed by atoms with Gasteiger partial charge in [-0.2, -0.15) is 0 Å². The summed E-state index contributed by atoms with van der Waals surface area (Å²) in [5, 5.41) is 11.1. The van der Waals surface area contributed by atoms with E-state index in [0.717, 1.165) is 23.6 Å². The summed E-state index contributed by atoms with van der Waals surface area (Å²) in [7, 11) is 1.88. The molecule has 0 radical (unpaired) electrons. The van der Waals surface area contributed by atoms with E-state index in [0.29, 0.717) is 24.3 Å². The molecule has 156 valence electrons. The molecule has 29 heavy (non-hydrogen) atoms. The fourth-order valence-corrected chi connectivity index (χ4v) is 3.21. The summed E-state index contributed by atoms with van der Waals surface area (Å²) in [6, 6.07) is 6.59. The van der Waals surface area contributed by atoms with Crippen LogP contribution in [0.1, 0.15) is 41.6 Å². The molecule has 0 bridgehead atoms. The fraction of sp³-hybridized carbons (Fsp3) is 0.389. The van der Waals surface area contributed by atoms with E-state index in [1.165, 1.54) is 0 Å². The van der Waals surface area contributed by atoms with Crippen molar-refractivity contribution in [3.63, 3.8) is 0 Å². The van der Waals surface area contributed by atoms with Crippen LogP contribution in [0.25, 0.3) is 0 Å². The second-order valence-electron chi connectivity index (χ2n) is 6.31. The number of carbonyl (C=O) groups is 3. The van der Waals surface area contributed by atoms with Crippen molar-refractivity contribution in [1.82, 2.24) is 30.9 Å². The van der Waals surface area contributed by atoms with Crippen molar-refractivity contribution in [2.24, 2.45) is 12.8 Å². The number of aryl methyl sites for hydroxylation is 1. The molecule has 0 fully saturated rings. The Balaban J connectivity index is 1.65. The number of aromatic nitrogens is 3. The smallest absolute Gasteiger partial charge is 0.312 e. The first-order valence-corrected chi connectivity index (χ1v) is 10.1. The average molecular weight is 420 g/mol. The minimum absolute atomic E-state index is 0.266. The van der Waals surface area contributed by atoms with Gasteiger partial charge in [-0.3, -0.25) is 20.4 Å². The lowest BCUT2D eigenvalue weighted by atomic mass is 10.1. The quantitative estimate of drug-likeness (QED) is 0.258. The van der Waals surface area contributed by atoms with Crippen molar-refractivity contribution >= 4 is 29.6 Å². The summed E-state index contributed by atoms with van der Waals surface area (Å²) in [5.41, 5.74) is 11.3. The van der Waals surface area contributed by atoms with Gasteiger partial charge in [0.05, 0.1) is 0 Å². The Morgan fingerprint density at radius 2 is 1.86 bits per heavy atom. The third kappa shape index (κ3) is 8.21. The molecule has 0 atom stereocenters. The number of thioether (sulfide) groups is 1. The Labute approximate surface area is 173 Å². The average Bonchev–Trinajstić information content (AvgIpc) is 3.12. The number of urea groups is 1. The lowest BCUT2D eigenvalue weighted by molar-refractivity contribution is -0.122. The molecule has 0 spiro atoms. The summed E-state index contributed by atoms with van der Waals surface area (Å²) in [5.74, 6) is 0.0644. The monoisotopic (exact) mass is 419 g/mol. The van der Waals surface area contributed by atoms with Crippen LogP contribution in [0, 0.1) is 0 Å². The van der Waals surface area contributed by atoms with Gasteiger partial charge in [0.1, 0.15) is 6.33 Å². The predicted octanol–water partition coefficient (Wildman–Crippen LogP) is 1.10. The molecule has 0 aliphatic rings. The van der Waals surface area contributed by atoms with E-state index in [1.807, 2.05) is 23.7 Å². The zero-order chi connectivity index (χ0) is 21.1. The van der Waals surface area contributed by atoms with E-state index in [2.05, 4.69) is 26.4 Å². The molecule has 0 unspecified atom stereocenters. The van der Waals surface area contributed by atoms with Gasteiger partial charge in [0.25, 0.3) is 5.91 Å². The van der Waals surface area contributed by atoms with Gasteiger partial charge >= 0.3 is 6.03 Å². The zero-order valence-corrected chi connectivity index (χ0v) is 17.0. The summed E-state index contributed by atoms with van der Waals surface area (Å²) in [4.78, 5) is 34.4. The van der Waals surface area contributed by atoms with Crippen molar-refractivity contribution < 1.29 is 14.4 Å². The molecule has 1 aromatic carbocycles. The van der Waals surface area contributed by atoms with Crippen LogP contribution in [0.5, 0.6) is 0 Å². The van der Waals surface area contributed by atoms with Gasteiger partial charge < -0.3 is 15.6 Å². The molecular weight excluding hydrogens is 394 g/mol. The molecule has 10 nitrogen and oxygen atoms in total. The largest absolute Gasteiger partial charge is 0.352 e. The molecule has 0 aliphatic carbocycles. The number of amides is 4. The van der Waals surface area contributed by atoms with Crippen LogP contribution in [0.2, 0.25) is 0 Å². The first kappa shape index (κ1) is 22.2. The second kappa shape index (κ2) is 11.7. The maximum absolute atomic E-state index is 12.1. The van der Waals surface area contributed by atoms with Crippen LogP contribution in [0.15, 0.2) is 35.7 Å². The first-order chi connectivity index (χ1) is 14.0. The highest BCUT2D eigenvalue weighted by atomic mass is 32.2. The first-order valence-electron chi connectivity index (χ1n) is 9.14. The third-order valence-electron chi connectivity index (χ3n) is 3.95. The molecule has 0 saturated carbocycles. The molecule has 5 N–H and O–H groups in total. The van der Waals surface area contributed by atoms with Gasteiger partial charge in [-0.1, -0.05) is 30.3 Å². The van der Waals surface area contributed by atoms with Gasteiger partial charge in [-0.25, -0.2) is 4.79 Å². The van der Waals surface area contributed by atoms with E-state index in [-0.39, 0.29) is 18.2 Å². The summed E-state index contributed by atoms with van der Waals surface area (Å²) in [6.07, 6.45) is 4.10. The minimum Gasteiger partial charge on any atom is -0.352 e. The van der Waals surface area contributed by atoms with E-state index < -0.39 is 6.03 Å². The number of rotatable bonds is 10. The molecule has 0 aliphatic heterocycles. The Hall–Kier alpha value is -3.08. The fourth-order valence-electron chi connectivity index (χ4n) is 2.36. The zero-order valence-electron chi connectivity index (χ0n) is 16.2. The van der Waals surface area contributed by atoms with E-state index in [1.54, 1.807) is 30.2 Å². The highest BCUT2D eigenvalue weighted by Gasteiger charge is 2.08. The number of carbonyl (C=O) groups excluding carboxylic acids is 3. The predicted molar refractivity (Wildman–Crippen MR) is 109 cm³/mol. The maximum atomic E-state index is 12.1. The van der Waals surface area contributed by atoms with Crippen LogP contribution in [-0.4, -0.2) is 39.2 Å². The standard InChI is InChI=1S/C18H25N7O3S/c1-25-12-21-24-18(25)29-11-13-6-8-14(9-7-13)16(27)23-22-15(26)5-3-2-4-10-20-17(19)28/h6-9,12H,2-5,10-11H2,1H3,(H,22,26)(H,23,27)(H3,19,20,28). The van der Waals surface area contributed by atoms with Gasteiger partial charge in [-0.15, -0.1) is 10.2 Å². The number of nitrogens with two attached hydrogens (primary N) is 1. The van der Waals surface area contributed by atoms with Crippen molar-refractivity contribution in [3.8, 4) is 0 Å². The van der Waals surface area contributed by atoms with E-state index in [4.69, 9.17) is 5.73 Å². The molecule has 1 heterocycles. The van der Waals surface area contributed by atoms with Gasteiger partial charge in [-0.05, 0) is 30.5 Å². The number of nitrogens with zero attached hydrogens (tertiary/aromatic N) is 3. The number of unbranched alkanes of at least 4 members (excludes halogenated alkanes) is 2. The highest BCUT2D eigenvalue weighted by molar-refractivity contribution is 7.98. The number of hydrogen-bond donors (Lipinski definition) is 4.